The van der Waals surface area contributed by atoms with Crippen LogP contribution in [0.1, 0.15) is 19.4 Å². The molecular weight excluding hydrogens is 288 g/mol. The number of benzene rings is 1. The lowest BCUT2D eigenvalue weighted by Gasteiger charge is -2.34. The van der Waals surface area contributed by atoms with Crippen molar-refractivity contribution in [2.45, 2.75) is 50.8 Å². The Kier molecular flexibility index (Phi) is 4.38. The van der Waals surface area contributed by atoms with Crippen LogP contribution in [0.15, 0.2) is 24.3 Å². The van der Waals surface area contributed by atoms with Gasteiger partial charge in [0.05, 0.1) is 20.3 Å². The number of rotatable bonds is 4. The molecule has 0 unspecified atom stereocenters. The molecule has 0 aromatic heterocycles. The molecule has 6 heteroatoms. The molecule has 4 atom stereocenters. The van der Waals surface area contributed by atoms with Gasteiger partial charge in [-0.05, 0) is 31.5 Å². The van der Waals surface area contributed by atoms with E-state index in [1.807, 2.05) is 38.1 Å². The van der Waals surface area contributed by atoms with Gasteiger partial charge in [-0.25, -0.2) is 0 Å². The van der Waals surface area contributed by atoms with Crippen LogP contribution in [0.4, 0.5) is 0 Å². The Morgan fingerprint density at radius 1 is 1.18 bits per heavy atom. The van der Waals surface area contributed by atoms with Crippen molar-refractivity contribution in [2.24, 2.45) is 0 Å². The van der Waals surface area contributed by atoms with Crippen molar-refractivity contribution < 1.29 is 28.8 Å². The minimum atomic E-state index is -0.744. The van der Waals surface area contributed by atoms with Gasteiger partial charge >= 0.3 is 0 Å². The van der Waals surface area contributed by atoms with Gasteiger partial charge in [-0.1, -0.05) is 12.1 Å². The van der Waals surface area contributed by atoms with E-state index in [0.717, 1.165) is 11.3 Å². The Labute approximate surface area is 129 Å². The average molecular weight is 310 g/mol. The smallest absolute Gasteiger partial charge is 0.187 e. The molecule has 1 N–H and O–H groups in total. The number of fused-ring (bicyclic) bond motifs is 1. The summed E-state index contributed by atoms with van der Waals surface area (Å²) in [6, 6.07) is 7.63. The molecule has 1 aromatic carbocycles. The van der Waals surface area contributed by atoms with Gasteiger partial charge in [0.2, 0.25) is 0 Å². The maximum Gasteiger partial charge on any atom is 0.187 e. The molecule has 0 bridgehead atoms. The number of aliphatic hydroxyl groups excluding tert-OH is 1. The van der Waals surface area contributed by atoms with Crippen LogP contribution < -0.4 is 4.74 Å². The molecule has 2 saturated heterocycles. The number of methoxy groups -OCH3 is 1. The van der Waals surface area contributed by atoms with E-state index in [1.165, 1.54) is 0 Å². The van der Waals surface area contributed by atoms with Crippen molar-refractivity contribution in [3.8, 4) is 5.75 Å². The van der Waals surface area contributed by atoms with E-state index in [4.69, 9.17) is 23.7 Å². The van der Waals surface area contributed by atoms with Gasteiger partial charge in [0.25, 0.3) is 0 Å². The molecule has 6 nitrogen and oxygen atoms in total. The van der Waals surface area contributed by atoms with Crippen LogP contribution >= 0.6 is 0 Å². The second-order valence-electron chi connectivity index (χ2n) is 5.99. The Morgan fingerprint density at radius 2 is 1.86 bits per heavy atom. The fourth-order valence-electron chi connectivity index (χ4n) is 2.75. The summed E-state index contributed by atoms with van der Waals surface area (Å²) in [6.45, 7) is 4.20. The van der Waals surface area contributed by atoms with E-state index in [9.17, 15) is 5.11 Å². The van der Waals surface area contributed by atoms with Crippen LogP contribution in [0.5, 0.6) is 5.75 Å². The first-order valence-electron chi connectivity index (χ1n) is 7.38. The largest absolute Gasteiger partial charge is 0.497 e. The van der Waals surface area contributed by atoms with E-state index >= 15 is 0 Å². The van der Waals surface area contributed by atoms with Crippen molar-refractivity contribution in [1.29, 1.82) is 0 Å². The molecule has 0 aliphatic carbocycles. The molecule has 2 fully saturated rings. The van der Waals surface area contributed by atoms with Crippen LogP contribution in [0.3, 0.4) is 0 Å². The quantitative estimate of drug-likeness (QED) is 0.908. The monoisotopic (exact) mass is 310 g/mol. The third kappa shape index (κ3) is 3.26. The molecule has 22 heavy (non-hydrogen) atoms. The highest BCUT2D eigenvalue weighted by Gasteiger charge is 2.52. The summed E-state index contributed by atoms with van der Waals surface area (Å²) < 4.78 is 28.0. The third-order valence-electron chi connectivity index (χ3n) is 3.82. The highest BCUT2D eigenvalue weighted by atomic mass is 16.8. The van der Waals surface area contributed by atoms with E-state index in [-0.39, 0.29) is 6.61 Å². The van der Waals surface area contributed by atoms with E-state index in [1.54, 1.807) is 7.11 Å². The van der Waals surface area contributed by atoms with Crippen LogP contribution in [0.25, 0.3) is 0 Å². The minimum absolute atomic E-state index is 0.174. The van der Waals surface area contributed by atoms with Gasteiger partial charge < -0.3 is 28.8 Å². The van der Waals surface area contributed by atoms with Gasteiger partial charge in [0.1, 0.15) is 24.1 Å². The topological polar surface area (TPSA) is 66.4 Å². The van der Waals surface area contributed by atoms with Gasteiger partial charge in [0, 0.05) is 0 Å². The highest BCUT2D eigenvalue weighted by molar-refractivity contribution is 5.26. The molecule has 0 radical (unpaired) electrons. The van der Waals surface area contributed by atoms with Gasteiger partial charge in [-0.15, -0.1) is 0 Å². The van der Waals surface area contributed by atoms with Crippen molar-refractivity contribution >= 4 is 0 Å². The maximum atomic E-state index is 9.97. The first kappa shape index (κ1) is 15.7. The minimum Gasteiger partial charge on any atom is -0.497 e. The number of aliphatic hydroxyl groups is 1. The number of hydrogen-bond acceptors (Lipinski definition) is 6. The van der Waals surface area contributed by atoms with E-state index in [2.05, 4.69) is 0 Å². The molecule has 0 saturated carbocycles. The zero-order valence-electron chi connectivity index (χ0n) is 13.0. The Morgan fingerprint density at radius 3 is 2.55 bits per heavy atom. The lowest BCUT2D eigenvalue weighted by atomic mass is 10.1. The summed E-state index contributed by atoms with van der Waals surface area (Å²) in [5.74, 6) is 0.0567. The SMILES string of the molecule is COc1ccc(CO[C@H]2OC[C@H](O)[C@@H]3OC(C)(C)O[C@H]23)cc1. The van der Waals surface area contributed by atoms with E-state index in [0.29, 0.717) is 6.61 Å². The zero-order valence-corrected chi connectivity index (χ0v) is 13.0. The Balaban J connectivity index is 1.62. The zero-order chi connectivity index (χ0) is 15.7. The summed E-state index contributed by atoms with van der Waals surface area (Å²) >= 11 is 0. The van der Waals surface area contributed by atoms with Gasteiger partial charge in [-0.2, -0.15) is 0 Å². The summed E-state index contributed by atoms with van der Waals surface area (Å²) in [6.07, 6.45) is -2.12. The normalized spacial score (nSPS) is 33.5. The second-order valence-corrected chi connectivity index (χ2v) is 5.99. The summed E-state index contributed by atoms with van der Waals surface area (Å²) in [4.78, 5) is 0. The predicted molar refractivity (Wildman–Crippen MR) is 77.4 cm³/mol. The molecule has 122 valence electrons. The molecule has 0 amide bonds. The summed E-state index contributed by atoms with van der Waals surface area (Å²) in [7, 11) is 1.63. The fraction of sp³-hybridized carbons (Fsp3) is 0.625. The highest BCUT2D eigenvalue weighted by Crippen LogP contribution is 2.36. The molecule has 0 spiro atoms. The molecule has 3 rings (SSSR count). The summed E-state index contributed by atoms with van der Waals surface area (Å²) in [5, 5.41) is 9.97. The van der Waals surface area contributed by atoms with Gasteiger partial charge in [-0.3, -0.25) is 0 Å². The third-order valence-corrected chi connectivity index (χ3v) is 3.82. The molecule has 2 aliphatic heterocycles. The standard InChI is InChI=1S/C16H22O6/c1-16(2)21-13-12(17)9-20-15(14(13)22-16)19-8-10-4-6-11(18-3)7-5-10/h4-7,12-15,17H,8-9H2,1-3H3/t12-,13-,14-,15-/m0/s1. The second kappa shape index (κ2) is 6.14. The Hall–Kier alpha value is -1.18. The number of hydrogen-bond donors (Lipinski definition) is 1. The predicted octanol–water partition coefficient (Wildman–Crippen LogP) is 1.45. The van der Waals surface area contributed by atoms with Crippen LogP contribution in [0, 0.1) is 0 Å². The van der Waals surface area contributed by atoms with Crippen molar-refractivity contribution in [3.05, 3.63) is 29.8 Å². The van der Waals surface area contributed by atoms with Crippen LogP contribution in [0.2, 0.25) is 0 Å². The first-order chi connectivity index (χ1) is 10.5. The summed E-state index contributed by atoms with van der Waals surface area (Å²) in [5.41, 5.74) is 1.00. The number of ether oxygens (including phenoxy) is 5. The first-order valence-corrected chi connectivity index (χ1v) is 7.38. The molecule has 2 heterocycles. The lowest BCUT2D eigenvalue weighted by Crippen LogP contribution is -2.52. The fourth-order valence-corrected chi connectivity index (χ4v) is 2.75. The molecule has 1 aromatic rings. The van der Waals surface area contributed by atoms with Crippen LogP contribution in [-0.4, -0.2) is 49.2 Å². The van der Waals surface area contributed by atoms with E-state index < -0.39 is 30.4 Å². The van der Waals surface area contributed by atoms with Crippen molar-refractivity contribution in [2.75, 3.05) is 13.7 Å². The maximum absolute atomic E-state index is 9.97. The lowest BCUT2D eigenvalue weighted by molar-refractivity contribution is -0.251. The van der Waals surface area contributed by atoms with Gasteiger partial charge in [0.15, 0.2) is 12.1 Å². The average Bonchev–Trinajstić information content (AvgIpc) is 2.83. The van der Waals surface area contributed by atoms with Crippen LogP contribution in [-0.2, 0) is 25.6 Å². The Bertz CT molecular complexity index is 500. The molecule has 2 aliphatic rings. The van der Waals surface area contributed by atoms with Crippen molar-refractivity contribution in [3.63, 3.8) is 0 Å². The molecular formula is C16H22O6. The van der Waals surface area contributed by atoms with Crippen molar-refractivity contribution in [1.82, 2.24) is 0 Å².